The smallest absolute Gasteiger partial charge is 0.335 e. The second-order valence-electron chi connectivity index (χ2n) is 3.66. The van der Waals surface area contributed by atoms with E-state index in [0.717, 1.165) is 14.2 Å². The third-order valence-electron chi connectivity index (χ3n) is 2.44. The van der Waals surface area contributed by atoms with E-state index < -0.39 is 5.97 Å². The SMILES string of the molecule is COc1ccc(C(=O)O)cc1CSc1nnc(SC)s1. The molecule has 8 heteroatoms. The molecule has 5 nitrogen and oxygen atoms in total. The zero-order valence-corrected chi connectivity index (χ0v) is 13.3. The lowest BCUT2D eigenvalue weighted by Gasteiger charge is -2.08. The van der Waals surface area contributed by atoms with Crippen molar-refractivity contribution in [3.63, 3.8) is 0 Å². The lowest BCUT2D eigenvalue weighted by Crippen LogP contribution is -1.99. The van der Waals surface area contributed by atoms with Crippen molar-refractivity contribution in [3.05, 3.63) is 29.3 Å². The van der Waals surface area contributed by atoms with Gasteiger partial charge in [-0.3, -0.25) is 0 Å². The Labute approximate surface area is 128 Å². The van der Waals surface area contributed by atoms with Crippen LogP contribution in [0.25, 0.3) is 0 Å². The fourth-order valence-electron chi connectivity index (χ4n) is 1.50. The van der Waals surface area contributed by atoms with E-state index in [1.54, 1.807) is 31.0 Å². The minimum atomic E-state index is -0.945. The maximum Gasteiger partial charge on any atom is 0.335 e. The first-order valence-electron chi connectivity index (χ1n) is 5.54. The summed E-state index contributed by atoms with van der Waals surface area (Å²) >= 11 is 4.60. The monoisotopic (exact) mass is 328 g/mol. The molecule has 1 heterocycles. The van der Waals surface area contributed by atoms with Gasteiger partial charge in [-0.05, 0) is 24.5 Å². The Morgan fingerprint density at radius 2 is 2.15 bits per heavy atom. The Balaban J connectivity index is 2.14. The average molecular weight is 328 g/mol. The molecule has 2 aromatic rings. The number of nitrogens with zero attached hydrogens (tertiary/aromatic N) is 2. The molecule has 20 heavy (non-hydrogen) atoms. The lowest BCUT2D eigenvalue weighted by molar-refractivity contribution is 0.0696. The van der Waals surface area contributed by atoms with E-state index in [9.17, 15) is 4.79 Å². The minimum absolute atomic E-state index is 0.253. The van der Waals surface area contributed by atoms with Crippen LogP contribution in [-0.4, -0.2) is 34.6 Å². The van der Waals surface area contributed by atoms with Gasteiger partial charge in [0.25, 0.3) is 0 Å². The first-order valence-corrected chi connectivity index (χ1v) is 8.57. The summed E-state index contributed by atoms with van der Waals surface area (Å²) in [6, 6.07) is 4.84. The van der Waals surface area contributed by atoms with Crippen LogP contribution in [0.4, 0.5) is 0 Å². The van der Waals surface area contributed by atoms with Crippen molar-refractivity contribution in [1.29, 1.82) is 0 Å². The predicted octanol–water partition coefficient (Wildman–Crippen LogP) is 3.26. The van der Waals surface area contributed by atoms with E-state index in [4.69, 9.17) is 9.84 Å². The summed E-state index contributed by atoms with van der Waals surface area (Å²) in [7, 11) is 1.57. The third-order valence-corrected chi connectivity index (χ3v) is 5.52. The summed E-state index contributed by atoms with van der Waals surface area (Å²) in [6.45, 7) is 0. The molecule has 0 aliphatic heterocycles. The summed E-state index contributed by atoms with van der Waals surface area (Å²) in [5.41, 5.74) is 1.08. The Hall–Kier alpha value is -1.25. The quantitative estimate of drug-likeness (QED) is 0.816. The van der Waals surface area contributed by atoms with Crippen LogP contribution in [0.5, 0.6) is 5.75 Å². The van der Waals surface area contributed by atoms with Crippen molar-refractivity contribution in [2.24, 2.45) is 0 Å². The van der Waals surface area contributed by atoms with Crippen LogP contribution in [0.1, 0.15) is 15.9 Å². The fourth-order valence-corrected chi connectivity index (χ4v) is 3.92. The molecule has 0 atom stereocenters. The Kier molecular flexibility index (Phi) is 5.27. The van der Waals surface area contributed by atoms with Crippen LogP contribution in [0.15, 0.2) is 26.9 Å². The average Bonchev–Trinajstić information content (AvgIpc) is 2.92. The number of rotatable bonds is 6. The largest absolute Gasteiger partial charge is 0.496 e. The van der Waals surface area contributed by atoms with Gasteiger partial charge in [0.15, 0.2) is 8.68 Å². The maximum atomic E-state index is 11.0. The van der Waals surface area contributed by atoms with Crippen LogP contribution < -0.4 is 4.74 Å². The van der Waals surface area contributed by atoms with Crippen molar-refractivity contribution in [2.45, 2.75) is 14.4 Å². The summed E-state index contributed by atoms with van der Waals surface area (Å²) in [5.74, 6) is 0.324. The van der Waals surface area contributed by atoms with Crippen LogP contribution >= 0.6 is 34.9 Å². The second-order valence-corrected chi connectivity index (χ2v) is 6.91. The van der Waals surface area contributed by atoms with E-state index in [1.165, 1.54) is 29.2 Å². The number of thioether (sulfide) groups is 2. The molecule has 0 saturated heterocycles. The fraction of sp³-hybridized carbons (Fsp3) is 0.250. The second kappa shape index (κ2) is 6.96. The number of carboxylic acids is 1. The van der Waals surface area contributed by atoms with Gasteiger partial charge in [0.2, 0.25) is 0 Å². The number of methoxy groups -OCH3 is 1. The molecule has 106 valence electrons. The molecular formula is C12H12N2O3S3. The summed E-state index contributed by atoms with van der Waals surface area (Å²) in [4.78, 5) is 11.0. The van der Waals surface area contributed by atoms with Crippen molar-refractivity contribution in [1.82, 2.24) is 10.2 Å². The van der Waals surface area contributed by atoms with Crippen LogP contribution in [0.2, 0.25) is 0 Å². The molecule has 1 aromatic carbocycles. The number of benzene rings is 1. The molecule has 0 aliphatic carbocycles. The molecule has 2 rings (SSSR count). The molecule has 0 fully saturated rings. The third kappa shape index (κ3) is 3.65. The van der Waals surface area contributed by atoms with Gasteiger partial charge in [0.1, 0.15) is 5.75 Å². The molecule has 0 spiro atoms. The number of ether oxygens (including phenoxy) is 1. The highest BCUT2D eigenvalue weighted by Gasteiger charge is 2.11. The Bertz CT molecular complexity index is 616. The standard InChI is InChI=1S/C12H12N2O3S3/c1-17-9-4-3-7(10(15)16)5-8(9)6-19-12-14-13-11(18-2)20-12/h3-5H,6H2,1-2H3,(H,15,16). The van der Waals surface area contributed by atoms with E-state index in [1.807, 2.05) is 6.26 Å². The highest BCUT2D eigenvalue weighted by Crippen LogP contribution is 2.32. The van der Waals surface area contributed by atoms with Crippen molar-refractivity contribution in [3.8, 4) is 5.75 Å². The molecule has 0 amide bonds. The van der Waals surface area contributed by atoms with Gasteiger partial charge in [-0.25, -0.2) is 4.79 Å². The number of aromatic carboxylic acids is 1. The molecule has 0 aliphatic rings. The van der Waals surface area contributed by atoms with Crippen LogP contribution in [-0.2, 0) is 5.75 Å². The Morgan fingerprint density at radius 3 is 2.75 bits per heavy atom. The first-order chi connectivity index (χ1) is 9.63. The van der Waals surface area contributed by atoms with Crippen LogP contribution in [0.3, 0.4) is 0 Å². The lowest BCUT2D eigenvalue weighted by atomic mass is 10.1. The van der Waals surface area contributed by atoms with Crippen molar-refractivity contribution in [2.75, 3.05) is 13.4 Å². The predicted molar refractivity (Wildman–Crippen MR) is 81.2 cm³/mol. The topological polar surface area (TPSA) is 72.3 Å². The number of hydrogen-bond acceptors (Lipinski definition) is 7. The summed E-state index contributed by atoms with van der Waals surface area (Å²) in [5, 5.41) is 17.1. The first kappa shape index (κ1) is 15.1. The minimum Gasteiger partial charge on any atom is -0.496 e. The number of carboxylic acid groups (broad SMARTS) is 1. The van der Waals surface area contributed by atoms with E-state index in [2.05, 4.69) is 10.2 Å². The number of hydrogen-bond donors (Lipinski definition) is 1. The summed E-state index contributed by atoms with van der Waals surface area (Å²) < 4.78 is 7.03. The van der Waals surface area contributed by atoms with Gasteiger partial charge in [0, 0.05) is 11.3 Å². The zero-order valence-electron chi connectivity index (χ0n) is 10.8. The van der Waals surface area contributed by atoms with Gasteiger partial charge in [-0.15, -0.1) is 10.2 Å². The van der Waals surface area contributed by atoms with Gasteiger partial charge in [-0.1, -0.05) is 34.9 Å². The van der Waals surface area contributed by atoms with Gasteiger partial charge >= 0.3 is 5.97 Å². The van der Waals surface area contributed by atoms with Crippen LogP contribution in [0, 0.1) is 0 Å². The summed E-state index contributed by atoms with van der Waals surface area (Å²) in [6.07, 6.45) is 1.95. The molecule has 1 N–H and O–H groups in total. The van der Waals surface area contributed by atoms with E-state index >= 15 is 0 Å². The molecule has 0 radical (unpaired) electrons. The normalized spacial score (nSPS) is 10.5. The molecule has 1 aromatic heterocycles. The highest BCUT2D eigenvalue weighted by atomic mass is 32.2. The van der Waals surface area contributed by atoms with E-state index in [0.29, 0.717) is 11.5 Å². The van der Waals surface area contributed by atoms with E-state index in [-0.39, 0.29) is 5.56 Å². The van der Waals surface area contributed by atoms with Crippen molar-refractivity contribution >= 4 is 40.8 Å². The Morgan fingerprint density at radius 1 is 1.40 bits per heavy atom. The van der Waals surface area contributed by atoms with Gasteiger partial charge in [0.05, 0.1) is 12.7 Å². The molecule has 0 saturated carbocycles. The highest BCUT2D eigenvalue weighted by molar-refractivity contribution is 8.02. The van der Waals surface area contributed by atoms with Gasteiger partial charge < -0.3 is 9.84 Å². The maximum absolute atomic E-state index is 11.0. The number of aromatic nitrogens is 2. The molecule has 0 bridgehead atoms. The molecule has 0 unspecified atom stereocenters. The zero-order chi connectivity index (χ0) is 14.5. The van der Waals surface area contributed by atoms with Gasteiger partial charge in [-0.2, -0.15) is 0 Å². The number of carbonyl (C=O) groups is 1. The van der Waals surface area contributed by atoms with Crippen molar-refractivity contribution < 1.29 is 14.6 Å². The molecular weight excluding hydrogens is 316 g/mol.